The molecule has 6 heteroatoms. The molecule has 1 aliphatic rings. The highest BCUT2D eigenvalue weighted by atomic mass is 16.2. The van der Waals surface area contributed by atoms with Crippen LogP contribution in [0.1, 0.15) is 26.7 Å². The highest BCUT2D eigenvalue weighted by Crippen LogP contribution is 2.17. The highest BCUT2D eigenvalue weighted by Gasteiger charge is 2.26. The van der Waals surface area contributed by atoms with Gasteiger partial charge in [-0.05, 0) is 32.2 Å². The zero-order valence-electron chi connectivity index (χ0n) is 11.2. The Morgan fingerprint density at radius 3 is 2.78 bits per heavy atom. The summed E-state index contributed by atoms with van der Waals surface area (Å²) in [5.41, 5.74) is 5.83. The summed E-state index contributed by atoms with van der Waals surface area (Å²) in [5.74, 6) is 0.195. The number of carbonyl (C=O) groups is 2. The first-order chi connectivity index (χ1) is 8.52. The summed E-state index contributed by atoms with van der Waals surface area (Å²) in [7, 11) is 0. The summed E-state index contributed by atoms with van der Waals surface area (Å²) in [5, 5.41) is 4.93. The Labute approximate surface area is 108 Å². The number of nitrogens with one attached hydrogen (secondary N) is 2. The molecule has 0 aromatic heterocycles. The smallest absolute Gasteiger partial charge is 0.321 e. The van der Waals surface area contributed by atoms with Gasteiger partial charge in [0.2, 0.25) is 5.91 Å². The third-order valence-electron chi connectivity index (χ3n) is 3.21. The van der Waals surface area contributed by atoms with Crippen molar-refractivity contribution in [1.29, 1.82) is 0 Å². The number of likely N-dealkylation sites (tertiary alicyclic amines) is 1. The summed E-state index contributed by atoms with van der Waals surface area (Å²) >= 11 is 0. The van der Waals surface area contributed by atoms with Crippen molar-refractivity contribution in [3.05, 3.63) is 0 Å². The van der Waals surface area contributed by atoms with Gasteiger partial charge in [-0.1, -0.05) is 6.92 Å². The largest absolute Gasteiger partial charge is 0.338 e. The van der Waals surface area contributed by atoms with Crippen molar-refractivity contribution in [2.24, 2.45) is 11.7 Å². The molecule has 1 rings (SSSR count). The maximum Gasteiger partial charge on any atom is 0.321 e. The third-order valence-corrected chi connectivity index (χ3v) is 3.21. The molecule has 1 aliphatic heterocycles. The second-order valence-corrected chi connectivity index (χ2v) is 4.95. The molecule has 3 amide bonds. The Balaban J connectivity index is 2.23. The molecular formula is C12H24N4O2. The lowest BCUT2D eigenvalue weighted by molar-refractivity contribution is -0.120. The summed E-state index contributed by atoms with van der Waals surface area (Å²) < 4.78 is 0. The van der Waals surface area contributed by atoms with E-state index in [1.54, 1.807) is 0 Å². The number of nitrogens with zero attached hydrogens (tertiary/aromatic N) is 1. The van der Waals surface area contributed by atoms with Gasteiger partial charge in [-0.2, -0.15) is 0 Å². The van der Waals surface area contributed by atoms with E-state index >= 15 is 0 Å². The topological polar surface area (TPSA) is 87.5 Å². The van der Waals surface area contributed by atoms with Crippen LogP contribution < -0.4 is 16.4 Å². The van der Waals surface area contributed by atoms with Gasteiger partial charge in [0.1, 0.15) is 0 Å². The lowest BCUT2D eigenvalue weighted by Gasteiger charge is -2.17. The Kier molecular flexibility index (Phi) is 6.07. The number of carbonyl (C=O) groups excluding carboxylic acids is 2. The first kappa shape index (κ1) is 14.9. The lowest BCUT2D eigenvalue weighted by Crippen LogP contribution is -2.44. The van der Waals surface area contributed by atoms with Gasteiger partial charge in [0, 0.05) is 19.1 Å². The van der Waals surface area contributed by atoms with Crippen molar-refractivity contribution in [2.45, 2.75) is 32.7 Å². The number of amides is 3. The predicted octanol–water partition coefficient (Wildman–Crippen LogP) is -0.109. The van der Waals surface area contributed by atoms with Gasteiger partial charge in [-0.15, -0.1) is 0 Å². The average molecular weight is 256 g/mol. The third kappa shape index (κ3) is 5.01. The van der Waals surface area contributed by atoms with Gasteiger partial charge in [-0.25, -0.2) is 4.79 Å². The molecule has 0 aliphatic carbocycles. The van der Waals surface area contributed by atoms with E-state index in [4.69, 9.17) is 5.73 Å². The second kappa shape index (κ2) is 7.33. The minimum Gasteiger partial charge on any atom is -0.338 e. The Morgan fingerprint density at radius 1 is 1.50 bits per heavy atom. The van der Waals surface area contributed by atoms with E-state index in [0.29, 0.717) is 12.5 Å². The molecule has 2 atom stereocenters. The number of imide groups is 1. The monoisotopic (exact) mass is 256 g/mol. The van der Waals surface area contributed by atoms with Gasteiger partial charge < -0.3 is 11.1 Å². The number of rotatable bonds is 5. The van der Waals surface area contributed by atoms with Crippen LogP contribution in [0.15, 0.2) is 0 Å². The van der Waals surface area contributed by atoms with Crippen molar-refractivity contribution in [1.82, 2.24) is 15.5 Å². The number of hydrogen-bond acceptors (Lipinski definition) is 4. The SMILES string of the molecule is CCCNC(=O)NC(=O)CN1CCC(C(C)N)C1. The van der Waals surface area contributed by atoms with E-state index in [2.05, 4.69) is 10.6 Å². The van der Waals surface area contributed by atoms with E-state index in [-0.39, 0.29) is 18.5 Å². The Morgan fingerprint density at radius 2 is 2.22 bits per heavy atom. The molecule has 0 aromatic carbocycles. The van der Waals surface area contributed by atoms with Crippen molar-refractivity contribution in [2.75, 3.05) is 26.2 Å². The first-order valence-electron chi connectivity index (χ1n) is 6.58. The van der Waals surface area contributed by atoms with Crippen LogP contribution in [-0.4, -0.2) is 49.1 Å². The number of hydrogen-bond donors (Lipinski definition) is 3. The molecular weight excluding hydrogens is 232 g/mol. The van der Waals surface area contributed by atoms with Crippen LogP contribution in [-0.2, 0) is 4.79 Å². The standard InChI is InChI=1S/C12H24N4O2/c1-3-5-14-12(18)15-11(17)8-16-6-4-10(7-16)9(2)13/h9-10H,3-8,13H2,1-2H3,(H2,14,15,17,18). The highest BCUT2D eigenvalue weighted by molar-refractivity contribution is 5.95. The molecule has 0 bridgehead atoms. The fraction of sp³-hybridized carbons (Fsp3) is 0.833. The van der Waals surface area contributed by atoms with E-state index in [0.717, 1.165) is 25.9 Å². The van der Waals surface area contributed by atoms with Crippen LogP contribution in [0.3, 0.4) is 0 Å². The summed E-state index contributed by atoms with van der Waals surface area (Å²) in [6.45, 7) is 6.50. The van der Waals surface area contributed by atoms with Crippen LogP contribution in [0.2, 0.25) is 0 Å². The average Bonchev–Trinajstić information content (AvgIpc) is 2.74. The summed E-state index contributed by atoms with van der Waals surface area (Å²) in [4.78, 5) is 24.9. The normalized spacial score (nSPS) is 21.6. The van der Waals surface area contributed by atoms with Crippen LogP contribution in [0.5, 0.6) is 0 Å². The molecule has 1 saturated heterocycles. The van der Waals surface area contributed by atoms with Crippen molar-refractivity contribution < 1.29 is 9.59 Å². The minimum absolute atomic E-state index is 0.158. The second-order valence-electron chi connectivity index (χ2n) is 4.95. The minimum atomic E-state index is -0.412. The molecule has 0 aromatic rings. The van der Waals surface area contributed by atoms with E-state index in [1.807, 2.05) is 18.7 Å². The van der Waals surface area contributed by atoms with Gasteiger partial charge >= 0.3 is 6.03 Å². The molecule has 1 heterocycles. The molecule has 0 saturated carbocycles. The molecule has 0 spiro atoms. The molecule has 4 N–H and O–H groups in total. The van der Waals surface area contributed by atoms with Crippen LogP contribution in [0.4, 0.5) is 4.79 Å². The van der Waals surface area contributed by atoms with Crippen molar-refractivity contribution in [3.63, 3.8) is 0 Å². The number of urea groups is 1. The van der Waals surface area contributed by atoms with Gasteiger partial charge in [0.25, 0.3) is 0 Å². The number of nitrogens with two attached hydrogens (primary N) is 1. The molecule has 18 heavy (non-hydrogen) atoms. The van der Waals surface area contributed by atoms with Crippen LogP contribution >= 0.6 is 0 Å². The fourth-order valence-electron chi connectivity index (χ4n) is 2.09. The van der Waals surface area contributed by atoms with Gasteiger partial charge in [0.15, 0.2) is 0 Å². The molecule has 1 fully saturated rings. The lowest BCUT2D eigenvalue weighted by atomic mass is 10.0. The fourth-order valence-corrected chi connectivity index (χ4v) is 2.09. The van der Waals surface area contributed by atoms with E-state index < -0.39 is 6.03 Å². The zero-order chi connectivity index (χ0) is 13.5. The Hall–Kier alpha value is -1.14. The van der Waals surface area contributed by atoms with E-state index in [9.17, 15) is 9.59 Å². The van der Waals surface area contributed by atoms with E-state index in [1.165, 1.54) is 0 Å². The molecule has 2 unspecified atom stereocenters. The van der Waals surface area contributed by atoms with Crippen molar-refractivity contribution in [3.8, 4) is 0 Å². The maximum absolute atomic E-state index is 11.6. The predicted molar refractivity (Wildman–Crippen MR) is 70.0 cm³/mol. The Bertz CT molecular complexity index is 294. The maximum atomic E-state index is 11.6. The summed E-state index contributed by atoms with van der Waals surface area (Å²) in [6, 6.07) is -0.254. The van der Waals surface area contributed by atoms with Crippen molar-refractivity contribution >= 4 is 11.9 Å². The van der Waals surface area contributed by atoms with Crippen LogP contribution in [0, 0.1) is 5.92 Å². The molecule has 6 nitrogen and oxygen atoms in total. The molecule has 0 radical (unpaired) electrons. The first-order valence-corrected chi connectivity index (χ1v) is 6.58. The quantitative estimate of drug-likeness (QED) is 0.640. The van der Waals surface area contributed by atoms with Gasteiger partial charge in [-0.3, -0.25) is 15.0 Å². The van der Waals surface area contributed by atoms with Gasteiger partial charge in [0.05, 0.1) is 6.54 Å². The summed E-state index contributed by atoms with van der Waals surface area (Å²) in [6.07, 6.45) is 1.87. The van der Waals surface area contributed by atoms with Crippen LogP contribution in [0.25, 0.3) is 0 Å². The zero-order valence-corrected chi connectivity index (χ0v) is 11.2. The molecule has 104 valence electrons.